The number of nitrogens with one attached hydrogen (secondary N) is 1. The molecule has 0 spiro atoms. The van der Waals surface area contributed by atoms with Crippen LogP contribution in [0.25, 0.3) is 0 Å². The Balaban J connectivity index is 1.83. The van der Waals surface area contributed by atoms with Gasteiger partial charge in [-0.25, -0.2) is 4.39 Å². The van der Waals surface area contributed by atoms with Gasteiger partial charge in [-0.1, -0.05) is 23.7 Å². The van der Waals surface area contributed by atoms with Crippen LogP contribution in [-0.4, -0.2) is 17.1 Å². The number of amides is 1. The first kappa shape index (κ1) is 16.9. The van der Waals surface area contributed by atoms with Crippen molar-refractivity contribution in [3.05, 3.63) is 57.0 Å². The zero-order chi connectivity index (χ0) is 16.1. The molecule has 0 saturated carbocycles. The van der Waals surface area contributed by atoms with Crippen LogP contribution in [0.3, 0.4) is 0 Å². The largest absolute Gasteiger partial charge is 0.386 e. The van der Waals surface area contributed by atoms with Crippen molar-refractivity contribution in [2.24, 2.45) is 0 Å². The number of carbonyl (C=O) groups excluding carboxylic acids is 1. The molecule has 118 valence electrons. The number of thiophene rings is 1. The summed E-state index contributed by atoms with van der Waals surface area (Å²) in [4.78, 5) is 13.0. The van der Waals surface area contributed by atoms with Crippen molar-refractivity contribution in [2.75, 3.05) is 0 Å². The van der Waals surface area contributed by atoms with E-state index in [2.05, 4.69) is 5.32 Å². The third-order valence-electron chi connectivity index (χ3n) is 3.29. The van der Waals surface area contributed by atoms with E-state index in [1.807, 2.05) is 11.4 Å². The maximum absolute atomic E-state index is 12.9. The lowest BCUT2D eigenvalue weighted by molar-refractivity contribution is -0.122. The lowest BCUT2D eigenvalue weighted by atomic mass is 10.0. The number of aryl methyl sites for hydroxylation is 1. The van der Waals surface area contributed by atoms with E-state index < -0.39 is 12.1 Å². The van der Waals surface area contributed by atoms with Crippen molar-refractivity contribution in [1.29, 1.82) is 0 Å². The Labute approximate surface area is 137 Å². The van der Waals surface area contributed by atoms with E-state index >= 15 is 0 Å². The van der Waals surface area contributed by atoms with Gasteiger partial charge in [0.15, 0.2) is 0 Å². The van der Waals surface area contributed by atoms with Crippen molar-refractivity contribution >= 4 is 28.8 Å². The predicted molar refractivity (Wildman–Crippen MR) is 86.6 cm³/mol. The summed E-state index contributed by atoms with van der Waals surface area (Å²) in [5.41, 5.74) is 0.569. The van der Waals surface area contributed by atoms with Crippen molar-refractivity contribution in [3.63, 3.8) is 0 Å². The zero-order valence-electron chi connectivity index (χ0n) is 12.1. The SMILES string of the molecule is CC(NC(=O)CCc1cc(Cl)cs1)C(O)c1ccc(F)cc1. The molecule has 0 aliphatic carbocycles. The van der Waals surface area contributed by atoms with Crippen LogP contribution in [0.5, 0.6) is 0 Å². The Morgan fingerprint density at radius 3 is 2.68 bits per heavy atom. The molecule has 0 aliphatic rings. The van der Waals surface area contributed by atoms with E-state index in [0.717, 1.165) is 4.88 Å². The fraction of sp³-hybridized carbons (Fsp3) is 0.312. The quantitative estimate of drug-likeness (QED) is 0.841. The van der Waals surface area contributed by atoms with Gasteiger partial charge in [-0.15, -0.1) is 11.3 Å². The summed E-state index contributed by atoms with van der Waals surface area (Å²) < 4.78 is 12.9. The summed E-state index contributed by atoms with van der Waals surface area (Å²) >= 11 is 7.35. The Hall–Kier alpha value is -1.43. The van der Waals surface area contributed by atoms with Gasteiger partial charge in [-0.3, -0.25) is 4.79 Å². The summed E-state index contributed by atoms with van der Waals surface area (Å²) in [6, 6.07) is 6.98. The Kier molecular flexibility index (Phi) is 5.94. The third-order valence-corrected chi connectivity index (χ3v) is 4.64. The average Bonchev–Trinajstić information content (AvgIpc) is 2.91. The van der Waals surface area contributed by atoms with Crippen LogP contribution in [0.1, 0.15) is 29.9 Å². The second-order valence-corrected chi connectivity index (χ2v) is 6.52. The van der Waals surface area contributed by atoms with Gasteiger partial charge < -0.3 is 10.4 Å². The smallest absolute Gasteiger partial charge is 0.220 e. The molecule has 1 heterocycles. The summed E-state index contributed by atoms with van der Waals surface area (Å²) in [5.74, 6) is -0.500. The first-order valence-electron chi connectivity index (χ1n) is 6.91. The maximum atomic E-state index is 12.9. The first-order chi connectivity index (χ1) is 10.5. The molecule has 3 nitrogen and oxygen atoms in total. The number of aliphatic hydroxyl groups excluding tert-OH is 1. The van der Waals surface area contributed by atoms with Gasteiger partial charge in [0.25, 0.3) is 0 Å². The van der Waals surface area contributed by atoms with Crippen LogP contribution in [0, 0.1) is 5.82 Å². The molecule has 0 saturated heterocycles. The van der Waals surface area contributed by atoms with E-state index in [0.29, 0.717) is 23.4 Å². The standard InChI is InChI=1S/C16H17ClFNO2S/c1-10(16(21)11-2-4-13(18)5-3-11)19-15(20)7-6-14-8-12(17)9-22-14/h2-5,8-10,16,21H,6-7H2,1H3,(H,19,20). The van der Waals surface area contributed by atoms with E-state index in [4.69, 9.17) is 11.6 Å². The molecule has 0 fully saturated rings. The van der Waals surface area contributed by atoms with Gasteiger partial charge in [-0.2, -0.15) is 0 Å². The minimum Gasteiger partial charge on any atom is -0.386 e. The molecule has 6 heteroatoms. The van der Waals surface area contributed by atoms with Crippen LogP contribution in [0.2, 0.25) is 5.02 Å². The highest BCUT2D eigenvalue weighted by Gasteiger charge is 2.18. The number of halogens is 2. The predicted octanol–water partition coefficient (Wildman–Crippen LogP) is 3.71. The highest BCUT2D eigenvalue weighted by molar-refractivity contribution is 7.10. The highest BCUT2D eigenvalue weighted by atomic mass is 35.5. The number of carbonyl (C=O) groups is 1. The van der Waals surface area contributed by atoms with E-state index in [-0.39, 0.29) is 11.7 Å². The van der Waals surface area contributed by atoms with Gasteiger partial charge in [0.05, 0.1) is 17.2 Å². The summed E-state index contributed by atoms with van der Waals surface area (Å²) in [7, 11) is 0. The molecule has 0 aliphatic heterocycles. The second kappa shape index (κ2) is 7.72. The van der Waals surface area contributed by atoms with E-state index in [9.17, 15) is 14.3 Å². The molecule has 2 aromatic rings. The first-order valence-corrected chi connectivity index (χ1v) is 8.17. The van der Waals surface area contributed by atoms with Gasteiger partial charge in [0, 0.05) is 16.7 Å². The lowest BCUT2D eigenvalue weighted by Crippen LogP contribution is -2.37. The van der Waals surface area contributed by atoms with Gasteiger partial charge >= 0.3 is 0 Å². The zero-order valence-corrected chi connectivity index (χ0v) is 13.6. The molecule has 1 aromatic heterocycles. The van der Waals surface area contributed by atoms with Crippen LogP contribution < -0.4 is 5.32 Å². The molecule has 2 atom stereocenters. The summed E-state index contributed by atoms with van der Waals surface area (Å²) in [5, 5.41) is 15.4. The monoisotopic (exact) mass is 341 g/mol. The fourth-order valence-electron chi connectivity index (χ4n) is 2.08. The van der Waals surface area contributed by atoms with Crippen molar-refractivity contribution < 1.29 is 14.3 Å². The normalized spacial score (nSPS) is 13.6. The fourth-order valence-corrected chi connectivity index (χ4v) is 3.15. The molecular weight excluding hydrogens is 325 g/mol. The molecule has 22 heavy (non-hydrogen) atoms. The van der Waals surface area contributed by atoms with Crippen LogP contribution in [0.4, 0.5) is 4.39 Å². The number of rotatable bonds is 6. The Morgan fingerprint density at radius 2 is 2.09 bits per heavy atom. The minimum absolute atomic E-state index is 0.141. The summed E-state index contributed by atoms with van der Waals surface area (Å²) in [6.07, 6.45) is 0.0700. The van der Waals surface area contributed by atoms with Crippen LogP contribution >= 0.6 is 22.9 Å². The van der Waals surface area contributed by atoms with Crippen molar-refractivity contribution in [3.8, 4) is 0 Å². The molecule has 1 amide bonds. The number of benzene rings is 1. The Bertz CT molecular complexity index is 629. The molecule has 1 aromatic carbocycles. The number of aliphatic hydroxyl groups is 1. The molecular formula is C16H17ClFNO2S. The summed E-state index contributed by atoms with van der Waals surface area (Å²) in [6.45, 7) is 1.72. The minimum atomic E-state index is -0.874. The molecule has 2 rings (SSSR count). The lowest BCUT2D eigenvalue weighted by Gasteiger charge is -2.20. The molecule has 2 N–H and O–H groups in total. The third kappa shape index (κ3) is 4.80. The van der Waals surface area contributed by atoms with Crippen molar-refractivity contribution in [2.45, 2.75) is 31.9 Å². The van der Waals surface area contributed by atoms with Gasteiger partial charge in [0.2, 0.25) is 5.91 Å². The average molecular weight is 342 g/mol. The van der Waals surface area contributed by atoms with E-state index in [1.54, 1.807) is 6.92 Å². The van der Waals surface area contributed by atoms with Crippen LogP contribution in [-0.2, 0) is 11.2 Å². The second-order valence-electron chi connectivity index (χ2n) is 5.08. The molecule has 2 unspecified atom stereocenters. The van der Waals surface area contributed by atoms with Crippen molar-refractivity contribution in [1.82, 2.24) is 5.32 Å². The molecule has 0 bridgehead atoms. The van der Waals surface area contributed by atoms with Gasteiger partial charge in [-0.05, 0) is 37.1 Å². The number of hydrogen-bond acceptors (Lipinski definition) is 3. The highest BCUT2D eigenvalue weighted by Crippen LogP contribution is 2.21. The van der Waals surface area contributed by atoms with E-state index in [1.165, 1.54) is 35.6 Å². The molecule has 0 radical (unpaired) electrons. The van der Waals surface area contributed by atoms with Crippen LogP contribution in [0.15, 0.2) is 35.7 Å². The number of hydrogen-bond donors (Lipinski definition) is 2. The Morgan fingerprint density at radius 1 is 1.41 bits per heavy atom. The van der Waals surface area contributed by atoms with Gasteiger partial charge in [0.1, 0.15) is 5.82 Å². The maximum Gasteiger partial charge on any atom is 0.220 e. The topological polar surface area (TPSA) is 49.3 Å².